The van der Waals surface area contributed by atoms with Crippen LogP contribution in [0, 0.1) is 0 Å². The molecule has 6 nitrogen and oxygen atoms in total. The molecule has 0 fully saturated rings. The van der Waals surface area contributed by atoms with Crippen LogP contribution < -0.4 is 14.8 Å². The van der Waals surface area contributed by atoms with Crippen LogP contribution >= 0.6 is 23.2 Å². The van der Waals surface area contributed by atoms with Crippen LogP contribution in [0.1, 0.15) is 13.8 Å². The molecule has 0 bridgehead atoms. The summed E-state index contributed by atoms with van der Waals surface area (Å²) in [7, 11) is 0. The standard InChI is InChI=1S/C19H19Cl2NO5/c1-3-25-15-7-5-14(6-8-15)22-18(23)11-26-19(24)12(2)27-17-9-4-13(20)10-16(17)21/h4-10,12H,3,11H2,1-2H3,(H,22,23)/t12-/m0/s1. The van der Waals surface area contributed by atoms with Crippen LogP contribution in [0.2, 0.25) is 10.0 Å². The third kappa shape index (κ3) is 6.66. The monoisotopic (exact) mass is 411 g/mol. The second-order valence-electron chi connectivity index (χ2n) is 5.45. The topological polar surface area (TPSA) is 73.9 Å². The molecule has 0 aliphatic heterocycles. The van der Waals surface area contributed by atoms with Crippen LogP contribution in [0.4, 0.5) is 5.69 Å². The number of hydrogen-bond acceptors (Lipinski definition) is 5. The van der Waals surface area contributed by atoms with E-state index in [0.29, 0.717) is 28.8 Å². The van der Waals surface area contributed by atoms with E-state index in [0.717, 1.165) is 0 Å². The Balaban J connectivity index is 1.80. The van der Waals surface area contributed by atoms with Gasteiger partial charge in [0.1, 0.15) is 11.5 Å². The fourth-order valence-corrected chi connectivity index (χ4v) is 2.51. The number of rotatable bonds is 8. The number of ether oxygens (including phenoxy) is 3. The summed E-state index contributed by atoms with van der Waals surface area (Å²) in [4.78, 5) is 23.9. The minimum absolute atomic E-state index is 0.274. The third-order valence-corrected chi connectivity index (χ3v) is 3.85. The van der Waals surface area contributed by atoms with Crippen LogP contribution in [0.5, 0.6) is 11.5 Å². The van der Waals surface area contributed by atoms with E-state index >= 15 is 0 Å². The van der Waals surface area contributed by atoms with Crippen LogP contribution in [0.3, 0.4) is 0 Å². The van der Waals surface area contributed by atoms with Gasteiger partial charge in [-0.3, -0.25) is 4.79 Å². The van der Waals surface area contributed by atoms with Gasteiger partial charge in [-0.15, -0.1) is 0 Å². The average molecular weight is 412 g/mol. The van der Waals surface area contributed by atoms with E-state index in [1.165, 1.54) is 13.0 Å². The van der Waals surface area contributed by atoms with Crippen LogP contribution in [0.15, 0.2) is 42.5 Å². The van der Waals surface area contributed by atoms with E-state index in [1.807, 2.05) is 6.92 Å². The fourth-order valence-electron chi connectivity index (χ4n) is 2.06. The molecule has 0 unspecified atom stereocenters. The molecular formula is C19H19Cl2NO5. The maximum atomic E-state index is 12.0. The van der Waals surface area contributed by atoms with Crippen molar-refractivity contribution in [2.24, 2.45) is 0 Å². The van der Waals surface area contributed by atoms with Crippen molar-refractivity contribution in [2.75, 3.05) is 18.5 Å². The molecule has 0 aliphatic rings. The Morgan fingerprint density at radius 3 is 2.44 bits per heavy atom. The van der Waals surface area contributed by atoms with Gasteiger partial charge < -0.3 is 19.5 Å². The highest BCUT2D eigenvalue weighted by Crippen LogP contribution is 2.28. The Hall–Kier alpha value is -2.44. The highest BCUT2D eigenvalue weighted by atomic mass is 35.5. The first-order valence-electron chi connectivity index (χ1n) is 8.20. The number of anilines is 1. The lowest BCUT2D eigenvalue weighted by molar-refractivity contribution is -0.153. The molecule has 144 valence electrons. The number of benzene rings is 2. The molecule has 0 saturated heterocycles. The Bertz CT molecular complexity index is 795. The Kier molecular flexibility index (Phi) is 7.76. The number of halogens is 2. The molecule has 0 spiro atoms. The molecule has 2 rings (SSSR count). The summed E-state index contributed by atoms with van der Waals surface area (Å²) < 4.78 is 15.7. The summed E-state index contributed by atoms with van der Waals surface area (Å²) in [5, 5.41) is 3.35. The SMILES string of the molecule is CCOc1ccc(NC(=O)COC(=O)[C@H](C)Oc2ccc(Cl)cc2Cl)cc1. The quantitative estimate of drug-likeness (QED) is 0.653. The van der Waals surface area contributed by atoms with Crippen LogP contribution in [-0.2, 0) is 14.3 Å². The first-order chi connectivity index (χ1) is 12.9. The van der Waals surface area contributed by atoms with Crippen LogP contribution in [-0.4, -0.2) is 31.2 Å². The molecule has 27 heavy (non-hydrogen) atoms. The normalized spacial score (nSPS) is 11.4. The summed E-state index contributed by atoms with van der Waals surface area (Å²) in [5.74, 6) is -0.162. The highest BCUT2D eigenvalue weighted by molar-refractivity contribution is 6.35. The number of hydrogen-bond donors (Lipinski definition) is 1. The summed E-state index contributed by atoms with van der Waals surface area (Å²) in [5.41, 5.74) is 0.566. The first kappa shape index (κ1) is 20.9. The lowest BCUT2D eigenvalue weighted by Gasteiger charge is -2.15. The van der Waals surface area contributed by atoms with E-state index in [4.69, 9.17) is 37.4 Å². The Labute approximate surface area is 167 Å². The van der Waals surface area contributed by atoms with E-state index in [1.54, 1.807) is 36.4 Å². The van der Waals surface area contributed by atoms with E-state index < -0.39 is 24.6 Å². The van der Waals surface area contributed by atoms with E-state index in [-0.39, 0.29) is 5.02 Å². The molecule has 1 amide bonds. The van der Waals surface area contributed by atoms with Crippen molar-refractivity contribution < 1.29 is 23.8 Å². The fraction of sp³-hybridized carbons (Fsp3) is 0.263. The second kappa shape index (κ2) is 10.0. The van der Waals surface area contributed by atoms with E-state index in [2.05, 4.69) is 5.32 Å². The zero-order valence-electron chi connectivity index (χ0n) is 14.8. The van der Waals surface area contributed by atoms with Gasteiger partial charge in [0.05, 0.1) is 11.6 Å². The van der Waals surface area contributed by atoms with Gasteiger partial charge in [0.25, 0.3) is 5.91 Å². The molecule has 1 N–H and O–H groups in total. The van der Waals surface area contributed by atoms with Gasteiger partial charge in [-0.2, -0.15) is 0 Å². The van der Waals surface area contributed by atoms with Gasteiger partial charge in [0, 0.05) is 10.7 Å². The first-order valence-corrected chi connectivity index (χ1v) is 8.95. The molecule has 8 heteroatoms. The van der Waals surface area contributed by atoms with Gasteiger partial charge in [0.2, 0.25) is 0 Å². The number of esters is 1. The predicted octanol–water partition coefficient (Wildman–Crippen LogP) is 4.34. The van der Waals surface area contributed by atoms with Gasteiger partial charge >= 0.3 is 5.97 Å². The van der Waals surface area contributed by atoms with Crippen molar-refractivity contribution in [3.8, 4) is 11.5 Å². The van der Waals surface area contributed by atoms with Crippen molar-refractivity contribution in [1.82, 2.24) is 0 Å². The zero-order chi connectivity index (χ0) is 19.8. The van der Waals surface area contributed by atoms with Gasteiger partial charge in [-0.25, -0.2) is 4.79 Å². The molecule has 0 heterocycles. The smallest absolute Gasteiger partial charge is 0.347 e. The van der Waals surface area contributed by atoms with Crippen molar-refractivity contribution >= 4 is 40.8 Å². The molecule has 0 radical (unpaired) electrons. The summed E-state index contributed by atoms with van der Waals surface area (Å²) in [6.07, 6.45) is -0.943. The Morgan fingerprint density at radius 2 is 1.81 bits per heavy atom. The molecule has 0 aliphatic carbocycles. The maximum absolute atomic E-state index is 12.0. The van der Waals surface area contributed by atoms with Crippen molar-refractivity contribution in [2.45, 2.75) is 20.0 Å². The van der Waals surface area contributed by atoms with Gasteiger partial charge in [-0.1, -0.05) is 23.2 Å². The van der Waals surface area contributed by atoms with Crippen molar-refractivity contribution in [1.29, 1.82) is 0 Å². The van der Waals surface area contributed by atoms with Crippen molar-refractivity contribution in [3.63, 3.8) is 0 Å². The predicted molar refractivity (Wildman–Crippen MR) is 104 cm³/mol. The van der Waals surface area contributed by atoms with Gasteiger partial charge in [0.15, 0.2) is 12.7 Å². The van der Waals surface area contributed by atoms with E-state index in [9.17, 15) is 9.59 Å². The lowest BCUT2D eigenvalue weighted by Crippen LogP contribution is -2.29. The summed E-state index contributed by atoms with van der Waals surface area (Å²) in [6, 6.07) is 11.5. The molecule has 0 saturated carbocycles. The number of amides is 1. The Morgan fingerprint density at radius 1 is 1.11 bits per heavy atom. The van der Waals surface area contributed by atoms with Gasteiger partial charge in [-0.05, 0) is 56.3 Å². The molecule has 1 atom stereocenters. The molecule has 2 aromatic rings. The number of nitrogens with one attached hydrogen (secondary N) is 1. The highest BCUT2D eigenvalue weighted by Gasteiger charge is 2.19. The minimum atomic E-state index is -0.943. The van der Waals surface area contributed by atoms with Crippen molar-refractivity contribution in [3.05, 3.63) is 52.5 Å². The second-order valence-corrected chi connectivity index (χ2v) is 6.29. The number of carbonyl (C=O) groups is 2. The summed E-state index contributed by atoms with van der Waals surface area (Å²) >= 11 is 11.8. The zero-order valence-corrected chi connectivity index (χ0v) is 16.3. The average Bonchev–Trinajstić information content (AvgIpc) is 2.63. The number of carbonyl (C=O) groups excluding carboxylic acids is 2. The maximum Gasteiger partial charge on any atom is 0.347 e. The molecule has 2 aromatic carbocycles. The van der Waals surface area contributed by atoms with Crippen LogP contribution in [0.25, 0.3) is 0 Å². The largest absolute Gasteiger partial charge is 0.494 e. The minimum Gasteiger partial charge on any atom is -0.494 e. The third-order valence-electron chi connectivity index (χ3n) is 3.32. The molecular weight excluding hydrogens is 393 g/mol. The lowest BCUT2D eigenvalue weighted by atomic mass is 10.3. The molecule has 0 aromatic heterocycles. The summed E-state index contributed by atoms with van der Waals surface area (Å²) in [6.45, 7) is 3.50.